The second kappa shape index (κ2) is 7.55. The summed E-state index contributed by atoms with van der Waals surface area (Å²) < 4.78 is 19.8. The largest absolute Gasteiger partial charge is 0.488 e. The van der Waals surface area contributed by atoms with Crippen LogP contribution in [0.3, 0.4) is 0 Å². The van der Waals surface area contributed by atoms with Gasteiger partial charge in [-0.15, -0.1) is 0 Å². The Labute approximate surface area is 159 Å². The first-order valence-electron chi connectivity index (χ1n) is 9.72. The van der Waals surface area contributed by atoms with Crippen LogP contribution in [0.2, 0.25) is 0 Å². The van der Waals surface area contributed by atoms with E-state index in [1.165, 1.54) is 25.3 Å². The highest BCUT2D eigenvalue weighted by atomic mass is 19.1. The number of ether oxygens (including phenoxy) is 1. The zero-order chi connectivity index (χ0) is 18.8. The van der Waals surface area contributed by atoms with Crippen molar-refractivity contribution in [3.8, 4) is 16.9 Å². The maximum atomic E-state index is 14.3. The summed E-state index contributed by atoms with van der Waals surface area (Å²) in [6.07, 6.45) is 3.73. The SMILES string of the molecule is CC(C)Oc1ccc(-c2ccc3nc(N4CCCCC4)ccc3c2)cc1F. The standard InChI is InChI=1S/C23H25FN2O/c1-16(2)27-22-10-7-18(15-20(22)24)17-6-9-21-19(14-17)8-11-23(25-21)26-12-4-3-5-13-26/h6-11,14-16H,3-5,12-13H2,1-2H3. The highest BCUT2D eigenvalue weighted by Gasteiger charge is 2.13. The van der Waals surface area contributed by atoms with Gasteiger partial charge < -0.3 is 9.64 Å². The van der Waals surface area contributed by atoms with E-state index in [1.54, 1.807) is 6.07 Å². The molecule has 3 nitrogen and oxygen atoms in total. The molecule has 0 amide bonds. The summed E-state index contributed by atoms with van der Waals surface area (Å²) in [5.41, 5.74) is 2.79. The molecule has 0 saturated carbocycles. The zero-order valence-corrected chi connectivity index (χ0v) is 15.9. The minimum atomic E-state index is -0.333. The number of halogens is 1. The quantitative estimate of drug-likeness (QED) is 0.583. The fourth-order valence-corrected chi connectivity index (χ4v) is 3.62. The smallest absolute Gasteiger partial charge is 0.165 e. The number of anilines is 1. The Morgan fingerprint density at radius 3 is 2.41 bits per heavy atom. The van der Waals surface area contributed by atoms with Crippen LogP contribution in [0.25, 0.3) is 22.0 Å². The zero-order valence-electron chi connectivity index (χ0n) is 15.9. The van der Waals surface area contributed by atoms with Gasteiger partial charge in [0.15, 0.2) is 11.6 Å². The summed E-state index contributed by atoms with van der Waals surface area (Å²) in [5, 5.41) is 1.07. The van der Waals surface area contributed by atoms with E-state index < -0.39 is 0 Å². The minimum absolute atomic E-state index is 0.0498. The van der Waals surface area contributed by atoms with E-state index >= 15 is 0 Å². The van der Waals surface area contributed by atoms with Crippen molar-refractivity contribution < 1.29 is 9.13 Å². The molecular formula is C23H25FN2O. The summed E-state index contributed by atoms with van der Waals surface area (Å²) >= 11 is 0. The number of fused-ring (bicyclic) bond motifs is 1. The summed E-state index contributed by atoms with van der Waals surface area (Å²) in [6.45, 7) is 5.95. The fourth-order valence-electron chi connectivity index (χ4n) is 3.62. The molecule has 0 spiro atoms. The Morgan fingerprint density at radius 2 is 1.67 bits per heavy atom. The number of piperidine rings is 1. The number of hydrogen-bond donors (Lipinski definition) is 0. The summed E-state index contributed by atoms with van der Waals surface area (Å²) in [4.78, 5) is 7.19. The van der Waals surface area contributed by atoms with E-state index in [0.717, 1.165) is 40.9 Å². The molecule has 27 heavy (non-hydrogen) atoms. The molecule has 4 heteroatoms. The molecule has 2 aromatic carbocycles. The molecular weight excluding hydrogens is 339 g/mol. The van der Waals surface area contributed by atoms with Gasteiger partial charge in [-0.1, -0.05) is 12.1 Å². The van der Waals surface area contributed by atoms with E-state index in [-0.39, 0.29) is 11.9 Å². The molecule has 2 heterocycles. The van der Waals surface area contributed by atoms with E-state index in [2.05, 4.69) is 23.1 Å². The van der Waals surface area contributed by atoms with Crippen LogP contribution in [0.4, 0.5) is 10.2 Å². The molecule has 1 aromatic heterocycles. The van der Waals surface area contributed by atoms with E-state index in [0.29, 0.717) is 5.75 Å². The van der Waals surface area contributed by atoms with Crippen LogP contribution in [0.1, 0.15) is 33.1 Å². The van der Waals surface area contributed by atoms with Crippen molar-refractivity contribution in [1.82, 2.24) is 4.98 Å². The van der Waals surface area contributed by atoms with Crippen molar-refractivity contribution in [2.45, 2.75) is 39.2 Å². The van der Waals surface area contributed by atoms with E-state index in [1.807, 2.05) is 32.0 Å². The van der Waals surface area contributed by atoms with Gasteiger partial charge in [0, 0.05) is 18.5 Å². The van der Waals surface area contributed by atoms with Crippen LogP contribution in [0, 0.1) is 5.82 Å². The third-order valence-corrected chi connectivity index (χ3v) is 4.98. The van der Waals surface area contributed by atoms with Crippen molar-refractivity contribution >= 4 is 16.7 Å². The molecule has 0 unspecified atom stereocenters. The first-order valence-corrected chi connectivity index (χ1v) is 9.72. The second-order valence-corrected chi connectivity index (χ2v) is 7.44. The molecule has 140 valence electrons. The van der Waals surface area contributed by atoms with Gasteiger partial charge in [0.05, 0.1) is 11.6 Å². The maximum Gasteiger partial charge on any atom is 0.165 e. The maximum absolute atomic E-state index is 14.3. The molecule has 4 rings (SSSR count). The second-order valence-electron chi connectivity index (χ2n) is 7.44. The molecule has 0 aliphatic carbocycles. The lowest BCUT2D eigenvalue weighted by Gasteiger charge is -2.27. The number of hydrogen-bond acceptors (Lipinski definition) is 3. The number of nitrogens with zero attached hydrogens (tertiary/aromatic N) is 2. The molecule has 1 aliphatic rings. The first kappa shape index (κ1) is 17.8. The van der Waals surface area contributed by atoms with Crippen LogP contribution in [-0.4, -0.2) is 24.2 Å². The van der Waals surface area contributed by atoms with Crippen molar-refractivity contribution in [2.75, 3.05) is 18.0 Å². The van der Waals surface area contributed by atoms with Crippen LogP contribution in [-0.2, 0) is 0 Å². The van der Waals surface area contributed by atoms with Gasteiger partial charge in [0.25, 0.3) is 0 Å². The number of pyridine rings is 1. The fraction of sp³-hybridized carbons (Fsp3) is 0.348. The van der Waals surface area contributed by atoms with Crippen LogP contribution < -0.4 is 9.64 Å². The van der Waals surface area contributed by atoms with Gasteiger partial charge in [-0.2, -0.15) is 0 Å². The van der Waals surface area contributed by atoms with Gasteiger partial charge in [0.1, 0.15) is 5.82 Å². The number of rotatable bonds is 4. The topological polar surface area (TPSA) is 25.4 Å². The van der Waals surface area contributed by atoms with Crippen molar-refractivity contribution in [2.24, 2.45) is 0 Å². The van der Waals surface area contributed by atoms with Gasteiger partial charge >= 0.3 is 0 Å². The molecule has 0 radical (unpaired) electrons. The molecule has 3 aromatic rings. The minimum Gasteiger partial charge on any atom is -0.488 e. The third kappa shape index (κ3) is 3.90. The lowest BCUT2D eigenvalue weighted by molar-refractivity contribution is 0.231. The number of aromatic nitrogens is 1. The predicted molar refractivity (Wildman–Crippen MR) is 109 cm³/mol. The van der Waals surface area contributed by atoms with E-state index in [9.17, 15) is 4.39 Å². The Hall–Kier alpha value is -2.62. The average molecular weight is 364 g/mol. The summed E-state index contributed by atoms with van der Waals surface area (Å²) in [6, 6.07) is 15.4. The Kier molecular flexibility index (Phi) is 4.97. The molecule has 0 N–H and O–H groups in total. The predicted octanol–water partition coefficient (Wildman–Crippen LogP) is 5.82. The van der Waals surface area contributed by atoms with E-state index in [4.69, 9.17) is 9.72 Å². The van der Waals surface area contributed by atoms with Gasteiger partial charge in [-0.3, -0.25) is 0 Å². The van der Waals surface area contributed by atoms with Gasteiger partial charge in [-0.05, 0) is 80.6 Å². The third-order valence-electron chi connectivity index (χ3n) is 4.98. The number of benzene rings is 2. The Balaban J connectivity index is 1.62. The molecule has 1 saturated heterocycles. The lowest BCUT2D eigenvalue weighted by Crippen LogP contribution is -2.30. The average Bonchev–Trinajstić information content (AvgIpc) is 2.69. The lowest BCUT2D eigenvalue weighted by atomic mass is 10.0. The summed E-state index contributed by atoms with van der Waals surface area (Å²) in [5.74, 6) is 1.01. The normalized spacial score (nSPS) is 14.7. The molecule has 0 bridgehead atoms. The molecule has 1 aliphatic heterocycles. The highest BCUT2D eigenvalue weighted by Crippen LogP contribution is 2.29. The highest BCUT2D eigenvalue weighted by molar-refractivity contribution is 5.85. The van der Waals surface area contributed by atoms with Gasteiger partial charge in [-0.25, -0.2) is 9.37 Å². The van der Waals surface area contributed by atoms with Crippen LogP contribution in [0.15, 0.2) is 48.5 Å². The molecule has 0 atom stereocenters. The Bertz CT molecular complexity index is 948. The van der Waals surface area contributed by atoms with Crippen LogP contribution in [0.5, 0.6) is 5.75 Å². The van der Waals surface area contributed by atoms with Gasteiger partial charge in [0.2, 0.25) is 0 Å². The van der Waals surface area contributed by atoms with Crippen molar-refractivity contribution in [1.29, 1.82) is 0 Å². The first-order chi connectivity index (χ1) is 13.1. The van der Waals surface area contributed by atoms with Crippen LogP contribution >= 0.6 is 0 Å². The Morgan fingerprint density at radius 1 is 0.926 bits per heavy atom. The van der Waals surface area contributed by atoms with Crippen molar-refractivity contribution in [3.63, 3.8) is 0 Å². The summed E-state index contributed by atoms with van der Waals surface area (Å²) in [7, 11) is 0. The molecule has 1 fully saturated rings. The van der Waals surface area contributed by atoms with Crippen molar-refractivity contribution in [3.05, 3.63) is 54.3 Å². The monoisotopic (exact) mass is 364 g/mol.